The van der Waals surface area contributed by atoms with Crippen LogP contribution in [0.5, 0.6) is 0 Å². The van der Waals surface area contributed by atoms with E-state index in [1.165, 1.54) is 6.92 Å². The summed E-state index contributed by atoms with van der Waals surface area (Å²) in [6.45, 7) is 3.11. The zero-order valence-corrected chi connectivity index (χ0v) is 11.6. The lowest BCUT2D eigenvalue weighted by molar-refractivity contribution is -0.129. The van der Waals surface area contributed by atoms with E-state index in [9.17, 15) is 9.59 Å². The summed E-state index contributed by atoms with van der Waals surface area (Å²) in [5.74, 6) is -1.09. The fraction of sp³-hybridized carbons (Fsp3) is 0.615. The van der Waals surface area contributed by atoms with Crippen LogP contribution in [0.4, 0.5) is 5.88 Å². The fourth-order valence-corrected chi connectivity index (χ4v) is 2.30. The third-order valence-corrected chi connectivity index (χ3v) is 3.45. The molecule has 1 saturated carbocycles. The highest BCUT2D eigenvalue weighted by molar-refractivity contribution is 5.96. The molecular weight excluding hydrogens is 262 g/mol. The van der Waals surface area contributed by atoms with Crippen molar-refractivity contribution in [1.82, 2.24) is 10.5 Å². The molecule has 0 aliphatic heterocycles. The van der Waals surface area contributed by atoms with Gasteiger partial charge in [0.15, 0.2) is 6.10 Å². The van der Waals surface area contributed by atoms with Crippen LogP contribution in [0, 0.1) is 6.92 Å². The first-order chi connectivity index (χ1) is 9.49. The lowest BCUT2D eigenvalue weighted by Gasteiger charge is -2.16. The summed E-state index contributed by atoms with van der Waals surface area (Å²) in [7, 11) is 0. The molecule has 110 valence electrons. The molecule has 0 aromatic carbocycles. The Labute approximate surface area is 116 Å². The third kappa shape index (κ3) is 3.09. The SMILES string of the molecule is Cc1noc(N)c1C(=O)OC(C)C(=O)NC1CCCC1. The van der Waals surface area contributed by atoms with Crippen molar-refractivity contribution >= 4 is 17.8 Å². The van der Waals surface area contributed by atoms with Gasteiger partial charge in [-0.05, 0) is 26.7 Å². The molecular formula is C13H19N3O4. The highest BCUT2D eigenvalue weighted by Gasteiger charge is 2.26. The topological polar surface area (TPSA) is 107 Å². The maximum absolute atomic E-state index is 11.9. The molecule has 0 radical (unpaired) electrons. The number of nitrogens with zero attached hydrogens (tertiary/aromatic N) is 1. The molecule has 1 atom stereocenters. The standard InChI is InChI=1S/C13H19N3O4/c1-7-10(11(14)20-16-7)13(18)19-8(2)12(17)15-9-5-3-4-6-9/h8-9H,3-6,14H2,1-2H3,(H,15,17). The lowest BCUT2D eigenvalue weighted by Crippen LogP contribution is -2.40. The van der Waals surface area contributed by atoms with Crippen LogP contribution < -0.4 is 11.1 Å². The molecule has 3 N–H and O–H groups in total. The Morgan fingerprint density at radius 3 is 2.65 bits per heavy atom. The molecule has 1 unspecified atom stereocenters. The normalized spacial score (nSPS) is 16.9. The van der Waals surface area contributed by atoms with Crippen LogP contribution in [0.2, 0.25) is 0 Å². The van der Waals surface area contributed by atoms with E-state index in [1.807, 2.05) is 0 Å². The number of aryl methyl sites for hydroxylation is 1. The van der Waals surface area contributed by atoms with Gasteiger partial charge in [-0.2, -0.15) is 0 Å². The largest absolute Gasteiger partial charge is 0.449 e. The molecule has 1 aliphatic rings. The maximum atomic E-state index is 11.9. The van der Waals surface area contributed by atoms with E-state index in [0.717, 1.165) is 25.7 Å². The van der Waals surface area contributed by atoms with Crippen molar-refractivity contribution < 1.29 is 18.8 Å². The number of carbonyl (C=O) groups excluding carboxylic acids is 2. The van der Waals surface area contributed by atoms with E-state index in [1.54, 1.807) is 6.92 Å². The Bertz CT molecular complexity index is 486. The number of amides is 1. The van der Waals surface area contributed by atoms with E-state index < -0.39 is 12.1 Å². The highest BCUT2D eigenvalue weighted by Crippen LogP contribution is 2.19. The second kappa shape index (κ2) is 5.94. The van der Waals surface area contributed by atoms with Gasteiger partial charge >= 0.3 is 5.97 Å². The number of aromatic nitrogens is 1. The average Bonchev–Trinajstić information content (AvgIpc) is 2.99. The van der Waals surface area contributed by atoms with Crippen molar-refractivity contribution in [1.29, 1.82) is 0 Å². The number of carbonyl (C=O) groups is 2. The second-order valence-corrected chi connectivity index (χ2v) is 5.04. The van der Waals surface area contributed by atoms with Crippen LogP contribution in [0.3, 0.4) is 0 Å². The first-order valence-corrected chi connectivity index (χ1v) is 6.72. The first kappa shape index (κ1) is 14.4. The summed E-state index contributed by atoms with van der Waals surface area (Å²) in [4.78, 5) is 23.8. The van der Waals surface area contributed by atoms with Gasteiger partial charge in [-0.3, -0.25) is 4.79 Å². The number of anilines is 1. The Kier molecular flexibility index (Phi) is 4.26. The van der Waals surface area contributed by atoms with Crippen LogP contribution in [-0.4, -0.2) is 29.2 Å². The minimum atomic E-state index is -0.878. The van der Waals surface area contributed by atoms with E-state index >= 15 is 0 Å². The number of nitrogen functional groups attached to an aromatic ring is 1. The molecule has 1 aromatic heterocycles. The van der Waals surface area contributed by atoms with Crippen molar-refractivity contribution in [2.75, 3.05) is 5.73 Å². The van der Waals surface area contributed by atoms with Crippen molar-refractivity contribution in [3.8, 4) is 0 Å². The van der Waals surface area contributed by atoms with Crippen LogP contribution in [-0.2, 0) is 9.53 Å². The van der Waals surface area contributed by atoms with Gasteiger partial charge < -0.3 is 20.3 Å². The van der Waals surface area contributed by atoms with Crippen molar-refractivity contribution in [3.05, 3.63) is 11.3 Å². The van der Waals surface area contributed by atoms with Crippen LogP contribution >= 0.6 is 0 Å². The third-order valence-electron chi connectivity index (χ3n) is 3.45. The molecule has 0 saturated heterocycles. The van der Waals surface area contributed by atoms with E-state index in [2.05, 4.69) is 10.5 Å². The average molecular weight is 281 g/mol. The minimum absolute atomic E-state index is 0.0746. The predicted octanol–water partition coefficient (Wildman–Crippen LogP) is 1.17. The smallest absolute Gasteiger partial charge is 0.346 e. The quantitative estimate of drug-likeness (QED) is 0.802. The Morgan fingerprint density at radius 1 is 1.45 bits per heavy atom. The molecule has 1 aliphatic carbocycles. The monoisotopic (exact) mass is 281 g/mol. The molecule has 0 bridgehead atoms. The molecule has 7 nitrogen and oxygen atoms in total. The summed E-state index contributed by atoms with van der Waals surface area (Å²) >= 11 is 0. The van der Waals surface area contributed by atoms with Crippen LogP contribution in [0.15, 0.2) is 4.52 Å². The Hall–Kier alpha value is -2.05. The molecule has 1 aromatic rings. The first-order valence-electron chi connectivity index (χ1n) is 6.72. The van der Waals surface area contributed by atoms with Gasteiger partial charge in [0, 0.05) is 6.04 Å². The van der Waals surface area contributed by atoms with Gasteiger partial charge in [0.2, 0.25) is 5.88 Å². The number of nitrogens with two attached hydrogens (primary N) is 1. The number of hydrogen-bond donors (Lipinski definition) is 2. The second-order valence-electron chi connectivity index (χ2n) is 5.04. The number of esters is 1. The molecule has 0 spiro atoms. The zero-order valence-electron chi connectivity index (χ0n) is 11.6. The number of ether oxygens (including phenoxy) is 1. The summed E-state index contributed by atoms with van der Waals surface area (Å²) in [6.07, 6.45) is 3.32. The van der Waals surface area contributed by atoms with Crippen molar-refractivity contribution in [3.63, 3.8) is 0 Å². The number of hydrogen-bond acceptors (Lipinski definition) is 6. The fourth-order valence-electron chi connectivity index (χ4n) is 2.30. The van der Waals surface area contributed by atoms with Gasteiger partial charge in [-0.15, -0.1) is 0 Å². The molecule has 1 amide bonds. The minimum Gasteiger partial charge on any atom is -0.449 e. The Balaban J connectivity index is 1.91. The van der Waals surface area contributed by atoms with Crippen molar-refractivity contribution in [2.45, 2.75) is 51.7 Å². The summed E-state index contributed by atoms with van der Waals surface area (Å²) in [5, 5.41) is 6.44. The molecule has 20 heavy (non-hydrogen) atoms. The zero-order chi connectivity index (χ0) is 14.7. The summed E-state index contributed by atoms with van der Waals surface area (Å²) < 4.78 is 9.79. The van der Waals surface area contributed by atoms with Crippen LogP contribution in [0.25, 0.3) is 0 Å². The van der Waals surface area contributed by atoms with Crippen molar-refractivity contribution in [2.24, 2.45) is 0 Å². The van der Waals surface area contributed by atoms with Gasteiger partial charge in [-0.1, -0.05) is 18.0 Å². The van der Waals surface area contributed by atoms with Gasteiger partial charge in [0.1, 0.15) is 5.56 Å². The molecule has 1 heterocycles. The molecule has 1 fully saturated rings. The van der Waals surface area contributed by atoms with E-state index in [-0.39, 0.29) is 23.4 Å². The van der Waals surface area contributed by atoms with Gasteiger partial charge in [0.25, 0.3) is 5.91 Å². The number of rotatable bonds is 4. The number of nitrogens with one attached hydrogen (secondary N) is 1. The summed E-state index contributed by atoms with van der Waals surface area (Å²) in [6, 6.07) is 0.186. The molecule has 7 heteroatoms. The molecule has 2 rings (SSSR count). The van der Waals surface area contributed by atoms with E-state index in [0.29, 0.717) is 5.69 Å². The van der Waals surface area contributed by atoms with Crippen LogP contribution in [0.1, 0.15) is 48.7 Å². The van der Waals surface area contributed by atoms with E-state index in [4.69, 9.17) is 15.0 Å². The van der Waals surface area contributed by atoms with Gasteiger partial charge in [0.05, 0.1) is 5.69 Å². The summed E-state index contributed by atoms with van der Waals surface area (Å²) in [5.41, 5.74) is 5.91. The predicted molar refractivity (Wildman–Crippen MR) is 70.9 cm³/mol. The lowest BCUT2D eigenvalue weighted by atomic mass is 10.2. The maximum Gasteiger partial charge on any atom is 0.346 e. The highest BCUT2D eigenvalue weighted by atomic mass is 16.5. The Morgan fingerprint density at radius 2 is 2.10 bits per heavy atom. The van der Waals surface area contributed by atoms with Gasteiger partial charge in [-0.25, -0.2) is 4.79 Å².